The Labute approximate surface area is 174 Å². The number of allylic oxidation sites excluding steroid dienone is 1. The molecule has 9 heteroatoms. The van der Waals surface area contributed by atoms with E-state index in [1.165, 1.54) is 0 Å². The summed E-state index contributed by atoms with van der Waals surface area (Å²) in [7, 11) is 0. The SMILES string of the molecule is Nc1ccc(Nc2nc(NC3=CCC(N)C=C3)nc(Nc3ccc(N)cc3)n2)cc1. The molecule has 0 saturated heterocycles. The number of hydrogen-bond acceptors (Lipinski definition) is 9. The Kier molecular flexibility index (Phi) is 5.44. The van der Waals surface area contributed by atoms with E-state index in [0.29, 0.717) is 29.2 Å². The molecule has 9 nitrogen and oxygen atoms in total. The van der Waals surface area contributed by atoms with Crippen LogP contribution < -0.4 is 33.2 Å². The molecule has 1 heterocycles. The van der Waals surface area contributed by atoms with Crippen molar-refractivity contribution in [3.8, 4) is 0 Å². The lowest BCUT2D eigenvalue weighted by Gasteiger charge is -2.15. The first kappa shape index (κ1) is 19.2. The van der Waals surface area contributed by atoms with E-state index in [1.54, 1.807) is 24.3 Å². The average Bonchev–Trinajstić information content (AvgIpc) is 2.73. The summed E-state index contributed by atoms with van der Waals surface area (Å²) in [4.78, 5) is 13.4. The Morgan fingerprint density at radius 3 is 1.60 bits per heavy atom. The average molecular weight is 401 g/mol. The van der Waals surface area contributed by atoms with Crippen molar-refractivity contribution in [2.75, 3.05) is 27.4 Å². The van der Waals surface area contributed by atoms with Gasteiger partial charge in [-0.05, 0) is 61.0 Å². The van der Waals surface area contributed by atoms with E-state index in [0.717, 1.165) is 23.5 Å². The molecule has 1 aliphatic rings. The van der Waals surface area contributed by atoms with Gasteiger partial charge in [-0.1, -0.05) is 12.2 Å². The highest BCUT2D eigenvalue weighted by Crippen LogP contribution is 2.21. The van der Waals surface area contributed by atoms with Crippen LogP contribution in [-0.2, 0) is 0 Å². The van der Waals surface area contributed by atoms with E-state index in [1.807, 2.05) is 42.5 Å². The van der Waals surface area contributed by atoms with Crippen LogP contribution in [0.4, 0.5) is 40.6 Å². The lowest BCUT2D eigenvalue weighted by molar-refractivity contribution is 0.818. The first-order valence-electron chi connectivity index (χ1n) is 9.46. The Balaban J connectivity index is 1.61. The second-order valence-corrected chi connectivity index (χ2v) is 6.84. The molecule has 1 aromatic heterocycles. The summed E-state index contributed by atoms with van der Waals surface area (Å²) in [6.07, 6.45) is 6.61. The molecule has 0 spiro atoms. The molecule has 2 aromatic carbocycles. The largest absolute Gasteiger partial charge is 0.399 e. The molecular weight excluding hydrogens is 378 g/mol. The fraction of sp³-hybridized carbons (Fsp3) is 0.0952. The number of hydrogen-bond donors (Lipinski definition) is 6. The van der Waals surface area contributed by atoms with Crippen molar-refractivity contribution in [3.63, 3.8) is 0 Å². The molecule has 1 atom stereocenters. The summed E-state index contributed by atoms with van der Waals surface area (Å²) in [6.45, 7) is 0. The molecule has 1 aliphatic carbocycles. The van der Waals surface area contributed by atoms with Gasteiger partial charge < -0.3 is 33.2 Å². The van der Waals surface area contributed by atoms with E-state index < -0.39 is 0 Å². The van der Waals surface area contributed by atoms with Crippen LogP contribution in [0.2, 0.25) is 0 Å². The number of anilines is 7. The second kappa shape index (κ2) is 8.50. The zero-order chi connectivity index (χ0) is 20.9. The van der Waals surface area contributed by atoms with Crippen molar-refractivity contribution in [2.45, 2.75) is 12.5 Å². The van der Waals surface area contributed by atoms with E-state index >= 15 is 0 Å². The molecule has 0 radical (unpaired) electrons. The van der Waals surface area contributed by atoms with Crippen molar-refractivity contribution in [2.24, 2.45) is 5.73 Å². The molecule has 152 valence electrons. The molecule has 0 saturated carbocycles. The molecule has 9 N–H and O–H groups in total. The van der Waals surface area contributed by atoms with Gasteiger partial charge in [0.2, 0.25) is 17.8 Å². The highest BCUT2D eigenvalue weighted by atomic mass is 15.3. The van der Waals surface area contributed by atoms with Crippen molar-refractivity contribution in [3.05, 3.63) is 72.5 Å². The number of benzene rings is 2. The predicted molar refractivity (Wildman–Crippen MR) is 122 cm³/mol. The number of nitrogens with zero attached hydrogens (tertiary/aromatic N) is 3. The summed E-state index contributed by atoms with van der Waals surface area (Å²) in [5, 5.41) is 9.56. The fourth-order valence-electron chi connectivity index (χ4n) is 2.79. The molecule has 0 amide bonds. The van der Waals surface area contributed by atoms with Crippen LogP contribution in [0, 0.1) is 0 Å². The number of rotatable bonds is 6. The lowest BCUT2D eigenvalue weighted by atomic mass is 10.1. The third-order valence-corrected chi connectivity index (χ3v) is 4.36. The molecular formula is C21H23N9. The highest BCUT2D eigenvalue weighted by Gasteiger charge is 2.10. The Morgan fingerprint density at radius 1 is 0.700 bits per heavy atom. The van der Waals surface area contributed by atoms with Crippen molar-refractivity contribution >= 4 is 40.6 Å². The van der Waals surface area contributed by atoms with Gasteiger partial charge in [-0.2, -0.15) is 15.0 Å². The monoisotopic (exact) mass is 401 g/mol. The first-order valence-corrected chi connectivity index (χ1v) is 9.46. The maximum Gasteiger partial charge on any atom is 0.233 e. The summed E-state index contributed by atoms with van der Waals surface area (Å²) in [5.41, 5.74) is 21.3. The summed E-state index contributed by atoms with van der Waals surface area (Å²) in [6, 6.07) is 14.7. The van der Waals surface area contributed by atoms with Gasteiger partial charge in [0.05, 0.1) is 0 Å². The first-order chi connectivity index (χ1) is 14.5. The maximum absolute atomic E-state index is 5.89. The number of nitrogens with one attached hydrogen (secondary N) is 3. The van der Waals surface area contributed by atoms with Gasteiger partial charge in [0.15, 0.2) is 0 Å². The molecule has 0 fully saturated rings. The van der Waals surface area contributed by atoms with Gasteiger partial charge in [-0.25, -0.2) is 0 Å². The smallest absolute Gasteiger partial charge is 0.233 e. The predicted octanol–water partition coefficient (Wildman–Crippen LogP) is 3.11. The minimum Gasteiger partial charge on any atom is -0.399 e. The number of nitrogens with two attached hydrogens (primary N) is 3. The summed E-state index contributed by atoms with van der Waals surface area (Å²) < 4.78 is 0. The van der Waals surface area contributed by atoms with Gasteiger partial charge in [0.25, 0.3) is 0 Å². The molecule has 3 aromatic rings. The molecule has 0 aliphatic heterocycles. The zero-order valence-electron chi connectivity index (χ0n) is 16.2. The van der Waals surface area contributed by atoms with Crippen LogP contribution in [0.5, 0.6) is 0 Å². The van der Waals surface area contributed by atoms with Gasteiger partial charge in [0.1, 0.15) is 0 Å². The van der Waals surface area contributed by atoms with Crippen LogP contribution >= 0.6 is 0 Å². The van der Waals surface area contributed by atoms with Crippen LogP contribution in [-0.4, -0.2) is 21.0 Å². The zero-order valence-corrected chi connectivity index (χ0v) is 16.2. The minimum atomic E-state index is 0.0272. The number of nitrogen functional groups attached to an aromatic ring is 2. The normalized spacial score (nSPS) is 15.4. The fourth-order valence-corrected chi connectivity index (χ4v) is 2.79. The number of aromatic nitrogens is 3. The van der Waals surface area contributed by atoms with Gasteiger partial charge in [-0.15, -0.1) is 0 Å². The van der Waals surface area contributed by atoms with Gasteiger partial charge in [-0.3, -0.25) is 0 Å². The standard InChI is InChI=1S/C21H23N9/c22-13-1-7-16(8-2-13)25-19-28-20(26-17-9-3-14(23)4-10-17)30-21(29-19)27-18-11-5-15(24)6-12-18/h1-5,7-12,15H,6,22-24H2,(H3,25,26,27,28,29,30). The quantitative estimate of drug-likeness (QED) is 0.342. The second-order valence-electron chi connectivity index (χ2n) is 6.84. The Bertz CT molecular complexity index is 1010. The van der Waals surface area contributed by atoms with Crippen molar-refractivity contribution < 1.29 is 0 Å². The third-order valence-electron chi connectivity index (χ3n) is 4.36. The Morgan fingerprint density at radius 2 is 1.17 bits per heavy atom. The van der Waals surface area contributed by atoms with Gasteiger partial charge in [0, 0.05) is 34.5 Å². The van der Waals surface area contributed by atoms with E-state index in [9.17, 15) is 0 Å². The summed E-state index contributed by atoms with van der Waals surface area (Å²) >= 11 is 0. The van der Waals surface area contributed by atoms with E-state index in [4.69, 9.17) is 17.2 Å². The van der Waals surface area contributed by atoms with Crippen molar-refractivity contribution in [1.82, 2.24) is 15.0 Å². The molecule has 1 unspecified atom stereocenters. The van der Waals surface area contributed by atoms with Gasteiger partial charge >= 0.3 is 0 Å². The van der Waals surface area contributed by atoms with Crippen LogP contribution in [0.15, 0.2) is 72.5 Å². The highest BCUT2D eigenvalue weighted by molar-refractivity contribution is 5.62. The molecule has 4 rings (SSSR count). The molecule has 30 heavy (non-hydrogen) atoms. The van der Waals surface area contributed by atoms with Crippen LogP contribution in [0.25, 0.3) is 0 Å². The third kappa shape index (κ3) is 5.03. The maximum atomic E-state index is 5.89. The van der Waals surface area contributed by atoms with Crippen LogP contribution in [0.1, 0.15) is 6.42 Å². The topological polar surface area (TPSA) is 153 Å². The molecule has 0 bridgehead atoms. The lowest BCUT2D eigenvalue weighted by Crippen LogP contribution is -2.19. The Hall–Kier alpha value is -4.11. The van der Waals surface area contributed by atoms with E-state index in [-0.39, 0.29) is 6.04 Å². The minimum absolute atomic E-state index is 0.0272. The van der Waals surface area contributed by atoms with E-state index in [2.05, 4.69) is 30.9 Å². The van der Waals surface area contributed by atoms with Crippen molar-refractivity contribution in [1.29, 1.82) is 0 Å². The summed E-state index contributed by atoms with van der Waals surface area (Å²) in [5.74, 6) is 1.16. The van der Waals surface area contributed by atoms with Crippen LogP contribution in [0.3, 0.4) is 0 Å².